The molecule has 0 radical (unpaired) electrons. The normalized spacial score (nSPS) is 22.5. The maximum absolute atomic E-state index is 12.9. The van der Waals surface area contributed by atoms with Crippen LogP contribution < -0.4 is 24.6 Å². The first-order chi connectivity index (χ1) is 35.5. The molecule has 75 heavy (non-hydrogen) atoms. The van der Waals surface area contributed by atoms with Crippen molar-refractivity contribution in [2.45, 2.75) is 39.5 Å². The van der Waals surface area contributed by atoms with Crippen molar-refractivity contribution in [3.05, 3.63) is 82.1 Å². The summed E-state index contributed by atoms with van der Waals surface area (Å²) >= 11 is 13.2. The number of carbonyl (C=O) groups is 3. The van der Waals surface area contributed by atoms with Crippen molar-refractivity contribution in [3.8, 4) is 0 Å². The Balaban J connectivity index is 0.000000187. The second-order valence-corrected chi connectivity index (χ2v) is 25.9. The van der Waals surface area contributed by atoms with Crippen LogP contribution in [-0.4, -0.2) is 202 Å². The maximum atomic E-state index is 12.9. The summed E-state index contributed by atoms with van der Waals surface area (Å²) in [5, 5.41) is 13.1. The number of hydrogen-bond donors (Lipinski definition) is 3. The Morgan fingerprint density at radius 1 is 0.600 bits per heavy atom. The van der Waals surface area contributed by atoms with Gasteiger partial charge in [0.05, 0.1) is 33.9 Å². The number of rotatable bonds is 10. The Hall–Kier alpha value is -5.37. The molecule has 408 valence electrons. The predicted octanol–water partition coefficient (Wildman–Crippen LogP) is 4.35. The number of nitrogens with zero attached hydrogens (tertiary/aromatic N) is 11. The van der Waals surface area contributed by atoms with Crippen LogP contribution >= 0.6 is 23.2 Å². The van der Waals surface area contributed by atoms with E-state index in [0.717, 1.165) is 110 Å². The van der Waals surface area contributed by atoms with Crippen LogP contribution in [0.1, 0.15) is 31.9 Å². The molecule has 0 bridgehead atoms. The van der Waals surface area contributed by atoms with Crippen molar-refractivity contribution >= 4 is 84.4 Å². The van der Waals surface area contributed by atoms with Crippen LogP contribution in [0.4, 0.5) is 37.4 Å². The summed E-state index contributed by atoms with van der Waals surface area (Å²) in [4.78, 5) is 52.8. The van der Waals surface area contributed by atoms with Crippen molar-refractivity contribution in [2.24, 2.45) is 23.7 Å². The molecule has 22 nitrogen and oxygen atoms in total. The zero-order valence-electron chi connectivity index (χ0n) is 43.1. The van der Waals surface area contributed by atoms with Crippen molar-refractivity contribution in [1.29, 1.82) is 0 Å². The molecule has 6 saturated heterocycles. The summed E-state index contributed by atoms with van der Waals surface area (Å²) in [5.41, 5.74) is 4.02. The van der Waals surface area contributed by atoms with Crippen molar-refractivity contribution in [2.75, 3.05) is 136 Å². The Morgan fingerprint density at radius 2 is 1.00 bits per heavy atom. The van der Waals surface area contributed by atoms with Gasteiger partial charge in [-0.15, -0.1) is 10.2 Å². The highest BCUT2D eigenvalue weighted by Gasteiger charge is 2.43. The van der Waals surface area contributed by atoms with Crippen LogP contribution in [0.15, 0.2) is 60.9 Å². The number of nitrogens with one attached hydrogen (secondary N) is 3. The fourth-order valence-electron chi connectivity index (χ4n) is 10.9. The first-order valence-corrected chi connectivity index (χ1v) is 29.9. The van der Waals surface area contributed by atoms with E-state index in [-0.39, 0.29) is 29.8 Å². The van der Waals surface area contributed by atoms with Gasteiger partial charge in [0.1, 0.15) is 5.60 Å². The minimum Gasteiger partial charge on any atom is -0.444 e. The molecule has 3 N–H and O–H groups in total. The smallest absolute Gasteiger partial charge is 0.410 e. The molecule has 2 aromatic carbocycles. The van der Waals surface area contributed by atoms with Gasteiger partial charge in [0.15, 0.2) is 11.6 Å². The summed E-state index contributed by atoms with van der Waals surface area (Å²) in [5.74, 6) is 2.43. The van der Waals surface area contributed by atoms with Crippen LogP contribution in [0, 0.1) is 23.7 Å². The van der Waals surface area contributed by atoms with Gasteiger partial charge < -0.3 is 34.6 Å². The van der Waals surface area contributed by atoms with Gasteiger partial charge in [-0.2, -0.15) is 9.36 Å². The van der Waals surface area contributed by atoms with Crippen molar-refractivity contribution < 1.29 is 36.0 Å². The third-order valence-electron chi connectivity index (χ3n) is 14.5. The highest BCUT2D eigenvalue weighted by atomic mass is 35.5. The lowest BCUT2D eigenvalue weighted by Gasteiger charge is -2.34. The maximum Gasteiger partial charge on any atom is 0.410 e. The van der Waals surface area contributed by atoms with Crippen molar-refractivity contribution in [3.63, 3.8) is 0 Å². The topological polar surface area (TPSA) is 223 Å². The highest BCUT2D eigenvalue weighted by molar-refractivity contribution is 7.92. The fourth-order valence-corrected chi connectivity index (χ4v) is 12.3. The van der Waals surface area contributed by atoms with E-state index in [4.69, 9.17) is 27.9 Å². The molecule has 0 spiro atoms. The third-order valence-corrected chi connectivity index (χ3v) is 16.3. The molecule has 6 aliphatic rings. The van der Waals surface area contributed by atoms with Crippen LogP contribution in [0.2, 0.25) is 10.0 Å². The molecule has 8 heterocycles. The van der Waals surface area contributed by atoms with E-state index in [9.17, 15) is 31.2 Å². The molecule has 26 heteroatoms. The number of ether oxygens (including phenoxy) is 1. The molecule has 0 saturated carbocycles. The van der Waals surface area contributed by atoms with E-state index < -0.39 is 25.6 Å². The number of anilines is 4. The van der Waals surface area contributed by atoms with Crippen LogP contribution in [-0.2, 0) is 37.9 Å². The Labute approximate surface area is 449 Å². The number of amides is 3. The summed E-state index contributed by atoms with van der Waals surface area (Å²) in [6.45, 7) is 19.7. The molecule has 4 unspecified atom stereocenters. The average Bonchev–Trinajstić information content (AvgIpc) is 4.21. The van der Waals surface area contributed by atoms with Gasteiger partial charge in [-0.05, 0) is 68.0 Å². The molecular weight excluding hydrogens is 1050 g/mol. The molecule has 3 amide bonds. The number of hydrogen-bond acceptors (Lipinski definition) is 15. The fraction of sp³-hybridized carbons (Fsp3) is 0.571. The number of likely N-dealkylation sites (tertiary alicyclic amines) is 1. The Morgan fingerprint density at radius 3 is 1.39 bits per heavy atom. The zero-order valence-corrected chi connectivity index (χ0v) is 46.2. The quantitative estimate of drug-likeness (QED) is 0.201. The number of carbonyl (C=O) groups excluding carboxylic acids is 3. The minimum atomic E-state index is -3.47. The number of halogens is 2. The highest BCUT2D eigenvalue weighted by Crippen LogP contribution is 2.39. The van der Waals surface area contributed by atoms with E-state index in [0.29, 0.717) is 76.0 Å². The molecule has 4 aromatic rings. The summed E-state index contributed by atoms with van der Waals surface area (Å²) in [6, 6.07) is 14.8. The van der Waals surface area contributed by atoms with Gasteiger partial charge in [-0.1, -0.05) is 35.3 Å². The van der Waals surface area contributed by atoms with E-state index in [2.05, 4.69) is 62.8 Å². The Bertz CT molecular complexity index is 2930. The van der Waals surface area contributed by atoms with Crippen molar-refractivity contribution in [1.82, 2.24) is 49.4 Å². The number of fused-ring (bicyclic) bond motifs is 2. The first kappa shape index (κ1) is 54.4. The average molecular weight is 1120 g/mol. The molecule has 6 fully saturated rings. The minimum absolute atomic E-state index is 0.111. The number of piperazine rings is 2. The standard InChI is InChI=1S/C27H38ClN7O5S.C22H30ClN7O3S/c1-27(2,3)40-26(37)34-17-20-15-33(16-21(20)18-34)23-13-19(5-6-22(23)28)14-31-9-11-32(12-10-31)25(36)35-8-7-24(29-35)30-41(4,38)39;1-34(32,33)26-21-4-5-30(25-21)22(31)28-8-6-27(7-9-28)13-16-2-3-19(23)20(10-16)29-14-17-11-24-12-18(17)15-29/h5-8,13,20-21H,9-12,14-18H2,1-4H3,(H,29,30);2-5,10,17-18,24H,6-9,11-15H2,1H3,(H,25,26). The lowest BCUT2D eigenvalue weighted by molar-refractivity contribution is 0.0282. The molecule has 6 aliphatic heterocycles. The van der Waals surface area contributed by atoms with E-state index >= 15 is 0 Å². The monoisotopic (exact) mass is 1110 g/mol. The second-order valence-electron chi connectivity index (χ2n) is 21.6. The molecule has 0 aliphatic carbocycles. The lowest BCUT2D eigenvalue weighted by Crippen LogP contribution is -2.49. The van der Waals surface area contributed by atoms with E-state index in [1.807, 2.05) is 43.9 Å². The second kappa shape index (κ2) is 22.3. The zero-order chi connectivity index (χ0) is 53.4. The summed E-state index contributed by atoms with van der Waals surface area (Å²) in [7, 11) is -6.90. The third kappa shape index (κ3) is 14.0. The molecular formula is C49H68Cl2N14O8S2. The van der Waals surface area contributed by atoms with Gasteiger partial charge in [0.25, 0.3) is 0 Å². The van der Waals surface area contributed by atoms with Gasteiger partial charge in [-0.25, -0.2) is 31.2 Å². The molecule has 10 rings (SSSR count). The molecule has 2 aromatic heterocycles. The van der Waals surface area contributed by atoms with Gasteiger partial charge in [0.2, 0.25) is 20.0 Å². The predicted molar refractivity (Wildman–Crippen MR) is 289 cm³/mol. The first-order valence-electron chi connectivity index (χ1n) is 25.3. The summed E-state index contributed by atoms with van der Waals surface area (Å²) in [6.07, 6.45) is 4.77. The SMILES string of the molecule is CC(C)(C)OC(=O)N1CC2CN(c3cc(CN4CCN(C(=O)n5ccc(NS(C)(=O)=O)n5)CC4)ccc3Cl)CC2C1.CS(=O)(=O)Nc1ccn(C(=O)N2CCN(Cc3ccc(Cl)c(N4CC5CNCC5C4)c3)CC2)n1. The number of benzene rings is 2. The van der Waals surface area contributed by atoms with E-state index in [1.54, 1.807) is 9.80 Å². The lowest BCUT2D eigenvalue weighted by atomic mass is 10.0. The summed E-state index contributed by atoms with van der Waals surface area (Å²) < 4.78 is 58.0. The van der Waals surface area contributed by atoms with E-state index in [1.165, 1.54) is 34.8 Å². The number of sulfonamides is 2. The van der Waals surface area contributed by atoms with Crippen LogP contribution in [0.3, 0.4) is 0 Å². The van der Waals surface area contributed by atoms with Crippen LogP contribution in [0.5, 0.6) is 0 Å². The van der Waals surface area contributed by atoms with Gasteiger partial charge >= 0.3 is 18.2 Å². The van der Waals surface area contributed by atoms with Crippen LogP contribution in [0.25, 0.3) is 0 Å². The van der Waals surface area contributed by atoms with Gasteiger partial charge in [0, 0.05) is 154 Å². The molecule has 4 atom stereocenters. The Kier molecular flexibility index (Phi) is 16.2. The van der Waals surface area contributed by atoms with Gasteiger partial charge in [-0.3, -0.25) is 19.2 Å². The number of aromatic nitrogens is 4. The largest absolute Gasteiger partial charge is 0.444 e.